The molecule has 4 aliphatic carbocycles. The third-order valence-electron chi connectivity index (χ3n) is 13.0. The maximum absolute atomic E-state index is 12.0. The van der Waals surface area contributed by atoms with Gasteiger partial charge in [0.25, 0.3) is 0 Å². The van der Waals surface area contributed by atoms with Crippen LogP contribution in [-0.2, 0) is 11.3 Å². The number of carbonyl (C=O) groups excluding carboxylic acids is 1. The Kier molecular flexibility index (Phi) is 10.3. The first-order chi connectivity index (χ1) is 19.8. The predicted molar refractivity (Wildman–Crippen MR) is 167 cm³/mol. The first-order valence-electron chi connectivity index (χ1n) is 17.3. The molecule has 4 fully saturated rings. The number of pyridine rings is 1. The van der Waals surface area contributed by atoms with E-state index < -0.39 is 0 Å². The van der Waals surface area contributed by atoms with Crippen molar-refractivity contribution in [3.8, 4) is 0 Å². The van der Waals surface area contributed by atoms with Crippen LogP contribution in [0.5, 0.6) is 0 Å². The lowest BCUT2D eigenvalue weighted by Gasteiger charge is -2.62. The second kappa shape index (κ2) is 13.6. The summed E-state index contributed by atoms with van der Waals surface area (Å²) in [6.45, 7) is 12.6. The van der Waals surface area contributed by atoms with Gasteiger partial charge in [-0.1, -0.05) is 33.8 Å². The van der Waals surface area contributed by atoms with E-state index in [2.05, 4.69) is 42.5 Å². The number of aliphatic hydroxyl groups is 1. The fourth-order valence-corrected chi connectivity index (χ4v) is 10.6. The molecule has 0 bridgehead atoms. The topological polar surface area (TPSA) is 74.2 Å². The Morgan fingerprint density at radius 1 is 1.05 bits per heavy atom. The van der Waals surface area contributed by atoms with Crippen LogP contribution in [0.15, 0.2) is 24.4 Å². The fourth-order valence-electron chi connectivity index (χ4n) is 10.6. The molecule has 1 aromatic rings. The highest BCUT2D eigenvalue weighted by Gasteiger charge is 2.62. The minimum Gasteiger partial charge on any atom is -0.393 e. The zero-order chi connectivity index (χ0) is 29.0. The molecule has 1 aromatic heterocycles. The van der Waals surface area contributed by atoms with E-state index in [1.54, 1.807) is 0 Å². The van der Waals surface area contributed by atoms with Crippen LogP contribution in [0.4, 0.5) is 0 Å². The van der Waals surface area contributed by atoms with Crippen LogP contribution in [0.1, 0.15) is 117 Å². The maximum Gasteiger partial charge on any atom is 0.132 e. The van der Waals surface area contributed by atoms with Crippen molar-refractivity contribution in [3.63, 3.8) is 0 Å². The summed E-state index contributed by atoms with van der Waals surface area (Å²) in [6.07, 6.45) is 16.6. The Labute approximate surface area is 250 Å². The summed E-state index contributed by atoms with van der Waals surface area (Å²) < 4.78 is 0. The van der Waals surface area contributed by atoms with Crippen molar-refractivity contribution in [1.82, 2.24) is 15.6 Å². The molecule has 10 atom stereocenters. The molecule has 0 aromatic carbocycles. The number of nitrogens with one attached hydrogen (secondary N) is 2. The Morgan fingerprint density at radius 2 is 1.83 bits per heavy atom. The van der Waals surface area contributed by atoms with Gasteiger partial charge in [-0.3, -0.25) is 9.78 Å². The normalized spacial score (nSPS) is 39.0. The number of hydrogen-bond donors (Lipinski definition) is 3. The molecule has 0 amide bonds. The van der Waals surface area contributed by atoms with Crippen molar-refractivity contribution in [2.24, 2.45) is 46.3 Å². The summed E-state index contributed by atoms with van der Waals surface area (Å²) in [7, 11) is 0. The molecule has 0 radical (unpaired) electrons. The lowest BCUT2D eigenvalue weighted by atomic mass is 9.43. The van der Waals surface area contributed by atoms with Crippen LogP contribution in [0.2, 0.25) is 0 Å². The summed E-state index contributed by atoms with van der Waals surface area (Å²) in [5.41, 5.74) is 1.83. The number of aliphatic hydroxyl groups excluding tert-OH is 1. The molecule has 0 spiro atoms. The highest BCUT2D eigenvalue weighted by atomic mass is 16.3. The third-order valence-corrected chi connectivity index (χ3v) is 13.0. The molecular weight excluding hydrogens is 506 g/mol. The van der Waals surface area contributed by atoms with Gasteiger partial charge in [0.2, 0.25) is 0 Å². The number of unbranched alkanes of at least 4 members (excludes halogenated alkanes) is 1. The quantitative estimate of drug-likeness (QED) is 0.226. The summed E-state index contributed by atoms with van der Waals surface area (Å²) in [5, 5.41) is 19.2. The smallest absolute Gasteiger partial charge is 0.132 e. The lowest BCUT2D eigenvalue weighted by molar-refractivity contribution is -0.167. The van der Waals surface area contributed by atoms with Gasteiger partial charge in [0.15, 0.2) is 0 Å². The Morgan fingerprint density at radius 3 is 2.61 bits per heavy atom. The van der Waals surface area contributed by atoms with Crippen molar-refractivity contribution in [2.75, 3.05) is 13.1 Å². The van der Waals surface area contributed by atoms with Gasteiger partial charge in [0.1, 0.15) is 5.78 Å². The van der Waals surface area contributed by atoms with Crippen molar-refractivity contribution >= 4 is 5.78 Å². The van der Waals surface area contributed by atoms with Gasteiger partial charge in [-0.2, -0.15) is 0 Å². The highest BCUT2D eigenvalue weighted by molar-refractivity contribution is 5.77. The molecule has 1 heterocycles. The van der Waals surface area contributed by atoms with Crippen molar-refractivity contribution < 1.29 is 9.90 Å². The molecule has 4 unspecified atom stereocenters. The van der Waals surface area contributed by atoms with Crippen LogP contribution in [-0.4, -0.2) is 41.1 Å². The zero-order valence-corrected chi connectivity index (χ0v) is 26.5. The van der Waals surface area contributed by atoms with E-state index in [4.69, 9.17) is 0 Å². The number of Topliss-reactive ketones (excluding diaryl/α,β-unsaturated/α-hetero) is 1. The van der Waals surface area contributed by atoms with E-state index in [0.29, 0.717) is 64.6 Å². The van der Waals surface area contributed by atoms with Gasteiger partial charge in [-0.25, -0.2) is 0 Å². The van der Waals surface area contributed by atoms with Gasteiger partial charge in [0, 0.05) is 31.6 Å². The van der Waals surface area contributed by atoms with Crippen molar-refractivity contribution in [1.29, 1.82) is 0 Å². The Bertz CT molecular complexity index is 986. The Balaban J connectivity index is 1.10. The molecular formula is C36H59N3O2. The zero-order valence-electron chi connectivity index (χ0n) is 26.5. The molecule has 41 heavy (non-hydrogen) atoms. The number of aromatic nitrogens is 1. The largest absolute Gasteiger partial charge is 0.393 e. The Hall–Kier alpha value is -1.30. The first-order valence-corrected chi connectivity index (χ1v) is 17.3. The second-order valence-electron chi connectivity index (χ2n) is 15.1. The number of carbonyl (C=O) groups is 1. The monoisotopic (exact) mass is 565 g/mol. The first kappa shape index (κ1) is 31.1. The van der Waals surface area contributed by atoms with E-state index >= 15 is 0 Å². The molecule has 230 valence electrons. The highest BCUT2D eigenvalue weighted by Crippen LogP contribution is 2.68. The molecule has 4 aliphatic rings. The SMILES string of the molecule is CCC(=O)CC[C@@H](C)[C@H]1CCC2C3C(O)C[C@H]4C[C@@H](NCCCCNCc5ccccn5)CC[C@]4(C)C3CC[C@@]21C. The molecule has 5 nitrogen and oxygen atoms in total. The molecule has 3 N–H and O–H groups in total. The minimum absolute atomic E-state index is 0.137. The van der Waals surface area contributed by atoms with Crippen LogP contribution >= 0.6 is 0 Å². The predicted octanol–water partition coefficient (Wildman–Crippen LogP) is 6.93. The van der Waals surface area contributed by atoms with Gasteiger partial charge in [-0.05, 0) is 142 Å². The standard InChI is InChI=1S/C36H59N3O2/c1-5-29(40)12-11-25(2)30-13-14-31-34-32(16-18-36(30,31)4)35(3)17-15-27(22-26(35)23-33(34)41)38-21-9-8-19-37-24-28-10-6-7-20-39-28/h6-7,10,20,25-27,30-34,37-38,41H,5,8-9,11-19,21-24H2,1-4H3/t25-,26-,27+,30-,31?,32?,33?,34?,35+,36-/m1/s1. The lowest BCUT2D eigenvalue weighted by Crippen LogP contribution is -2.59. The molecule has 0 aliphatic heterocycles. The van der Waals surface area contributed by atoms with Gasteiger partial charge in [-0.15, -0.1) is 0 Å². The van der Waals surface area contributed by atoms with E-state index in [9.17, 15) is 9.90 Å². The van der Waals surface area contributed by atoms with Crippen molar-refractivity contribution in [2.45, 2.75) is 130 Å². The second-order valence-corrected chi connectivity index (χ2v) is 15.1. The third kappa shape index (κ3) is 6.63. The number of rotatable bonds is 13. The number of nitrogens with zero attached hydrogens (tertiary/aromatic N) is 1. The summed E-state index contributed by atoms with van der Waals surface area (Å²) in [6, 6.07) is 6.69. The maximum atomic E-state index is 12.0. The number of ketones is 1. The average Bonchev–Trinajstić information content (AvgIpc) is 3.33. The molecule has 5 heteroatoms. The fraction of sp³-hybridized carbons (Fsp3) is 0.833. The van der Waals surface area contributed by atoms with Gasteiger partial charge < -0.3 is 15.7 Å². The molecule has 4 saturated carbocycles. The van der Waals surface area contributed by atoms with E-state index in [0.717, 1.165) is 44.6 Å². The average molecular weight is 566 g/mol. The van der Waals surface area contributed by atoms with Crippen LogP contribution < -0.4 is 10.6 Å². The van der Waals surface area contributed by atoms with Gasteiger partial charge >= 0.3 is 0 Å². The van der Waals surface area contributed by atoms with E-state index in [-0.39, 0.29) is 6.10 Å². The minimum atomic E-state index is -0.137. The summed E-state index contributed by atoms with van der Waals surface area (Å²) in [5.74, 6) is 4.20. The van der Waals surface area contributed by atoms with Crippen LogP contribution in [0.25, 0.3) is 0 Å². The van der Waals surface area contributed by atoms with Gasteiger partial charge in [0.05, 0.1) is 11.8 Å². The molecule has 5 rings (SSSR count). The number of hydrogen-bond acceptors (Lipinski definition) is 5. The van der Waals surface area contributed by atoms with Crippen molar-refractivity contribution in [3.05, 3.63) is 30.1 Å². The van der Waals surface area contributed by atoms with E-state index in [1.165, 1.54) is 57.8 Å². The van der Waals surface area contributed by atoms with Crippen LogP contribution in [0, 0.1) is 46.3 Å². The summed E-state index contributed by atoms with van der Waals surface area (Å²) in [4.78, 5) is 16.4. The van der Waals surface area contributed by atoms with Crippen LogP contribution in [0.3, 0.4) is 0 Å². The van der Waals surface area contributed by atoms with E-state index in [1.807, 2.05) is 25.3 Å². The number of fused-ring (bicyclic) bond motifs is 5. The molecule has 0 saturated heterocycles. The summed E-state index contributed by atoms with van der Waals surface area (Å²) >= 11 is 0.